The van der Waals surface area contributed by atoms with Gasteiger partial charge in [0.2, 0.25) is 0 Å². The van der Waals surface area contributed by atoms with Crippen molar-refractivity contribution in [3.63, 3.8) is 0 Å². The van der Waals surface area contributed by atoms with Gasteiger partial charge in [-0.05, 0) is 49.1 Å². The Bertz CT molecular complexity index is 1280. The molecule has 0 spiro atoms. The highest BCUT2D eigenvalue weighted by molar-refractivity contribution is 7.80. The second-order valence-electron chi connectivity index (χ2n) is 8.07. The molecule has 1 aliphatic carbocycles. The third-order valence-electron chi connectivity index (χ3n) is 5.61. The van der Waals surface area contributed by atoms with Crippen molar-refractivity contribution in [3.8, 4) is 17.0 Å². The molecule has 34 heavy (non-hydrogen) atoms. The monoisotopic (exact) mass is 512 g/mol. The summed E-state index contributed by atoms with van der Waals surface area (Å²) in [4.78, 5) is 9.77. The van der Waals surface area contributed by atoms with Gasteiger partial charge in [-0.15, -0.1) is 22.7 Å². The van der Waals surface area contributed by atoms with Crippen LogP contribution in [0.4, 0.5) is 10.8 Å². The van der Waals surface area contributed by atoms with E-state index >= 15 is 0 Å². The van der Waals surface area contributed by atoms with E-state index in [4.69, 9.17) is 19.3 Å². The van der Waals surface area contributed by atoms with Crippen LogP contribution in [0.3, 0.4) is 0 Å². The number of methoxy groups -OCH3 is 1. The molecule has 1 saturated carbocycles. The van der Waals surface area contributed by atoms with Gasteiger partial charge in [0, 0.05) is 27.9 Å². The smallest absolute Gasteiger partial charge is 0.259 e. The second kappa shape index (κ2) is 10.2. The van der Waals surface area contributed by atoms with Crippen LogP contribution in [-0.4, -0.2) is 25.8 Å². The van der Waals surface area contributed by atoms with Crippen molar-refractivity contribution in [2.24, 2.45) is 0 Å². The molecule has 4 aromatic rings. The lowest BCUT2D eigenvalue weighted by Gasteiger charge is -2.17. The molecule has 2 aromatic carbocycles. The SMILES string of the molecule is COc1ccccc1-c1csc(N[C@@H](Cc2ccc(NS(=O)O)cc2)c2csc(C3CC3)n2)n1. The van der Waals surface area contributed by atoms with Crippen LogP contribution in [0.1, 0.15) is 41.1 Å². The molecule has 0 saturated heterocycles. The standard InChI is InChI=1S/C24H24N4O3S3/c1-31-22-5-3-2-4-18(22)20-13-33-24(27-20)26-19(21-14-32-23(25-21)16-8-9-16)12-15-6-10-17(11-7-15)28-34(29)30/h2-7,10-11,13-14,16,19,28H,8-9,12H2,1H3,(H,26,27)(H,29,30)/t19-/m0/s1. The fraction of sp³-hybridized carbons (Fsp3) is 0.250. The number of aromatic nitrogens is 2. The summed E-state index contributed by atoms with van der Waals surface area (Å²) in [5, 5.41) is 9.80. The predicted molar refractivity (Wildman–Crippen MR) is 139 cm³/mol. The van der Waals surface area contributed by atoms with Crippen LogP contribution >= 0.6 is 22.7 Å². The van der Waals surface area contributed by atoms with Crippen LogP contribution in [0.5, 0.6) is 5.75 Å². The van der Waals surface area contributed by atoms with Crippen LogP contribution in [-0.2, 0) is 17.7 Å². The van der Waals surface area contributed by atoms with Crippen molar-refractivity contribution in [1.29, 1.82) is 0 Å². The van der Waals surface area contributed by atoms with Gasteiger partial charge in [-0.3, -0.25) is 9.27 Å². The van der Waals surface area contributed by atoms with Crippen LogP contribution in [0.15, 0.2) is 59.3 Å². The summed E-state index contributed by atoms with van der Waals surface area (Å²) in [7, 11) is 1.67. The summed E-state index contributed by atoms with van der Waals surface area (Å²) >= 11 is 1.20. The Labute approximate surface area is 208 Å². The molecule has 0 aliphatic heterocycles. The molecule has 2 atom stereocenters. The van der Waals surface area contributed by atoms with E-state index in [1.54, 1.807) is 41.9 Å². The molecule has 0 bridgehead atoms. The van der Waals surface area contributed by atoms with E-state index in [9.17, 15) is 4.21 Å². The molecule has 1 unspecified atom stereocenters. The number of benzene rings is 2. The summed E-state index contributed by atoms with van der Waals surface area (Å²) < 4.78 is 28.0. The van der Waals surface area contributed by atoms with Gasteiger partial charge in [0.05, 0.1) is 29.5 Å². The number of hydrogen-bond acceptors (Lipinski definition) is 7. The Hall–Kier alpha value is -2.79. The summed E-state index contributed by atoms with van der Waals surface area (Å²) in [6.07, 6.45) is 3.15. The van der Waals surface area contributed by atoms with E-state index < -0.39 is 11.3 Å². The fourth-order valence-corrected chi connectivity index (χ4v) is 5.87. The molecule has 1 aliphatic rings. The third kappa shape index (κ3) is 5.47. The van der Waals surface area contributed by atoms with Crippen molar-refractivity contribution in [3.05, 3.63) is 75.6 Å². The van der Waals surface area contributed by atoms with Crippen LogP contribution in [0.2, 0.25) is 0 Å². The predicted octanol–water partition coefficient (Wildman–Crippen LogP) is 6.10. The molecule has 176 valence electrons. The molecule has 7 nitrogen and oxygen atoms in total. The Morgan fingerprint density at radius 1 is 1.12 bits per heavy atom. The minimum absolute atomic E-state index is 0.0498. The van der Waals surface area contributed by atoms with Gasteiger partial charge in [-0.25, -0.2) is 14.2 Å². The van der Waals surface area contributed by atoms with Gasteiger partial charge in [-0.1, -0.05) is 24.3 Å². The maximum atomic E-state index is 11.0. The van der Waals surface area contributed by atoms with Gasteiger partial charge in [-0.2, -0.15) is 0 Å². The first-order valence-electron chi connectivity index (χ1n) is 10.9. The van der Waals surface area contributed by atoms with Crippen LogP contribution in [0, 0.1) is 0 Å². The number of anilines is 2. The first-order chi connectivity index (χ1) is 16.6. The number of rotatable bonds is 10. The Balaban J connectivity index is 1.38. The van der Waals surface area contributed by atoms with Crippen molar-refractivity contribution in [1.82, 2.24) is 9.97 Å². The van der Waals surface area contributed by atoms with Crippen molar-refractivity contribution in [2.45, 2.75) is 31.2 Å². The number of nitrogens with one attached hydrogen (secondary N) is 2. The lowest BCUT2D eigenvalue weighted by Crippen LogP contribution is -2.14. The van der Waals surface area contributed by atoms with Crippen LogP contribution < -0.4 is 14.8 Å². The number of thiazole rings is 2. The van der Waals surface area contributed by atoms with Gasteiger partial charge in [0.1, 0.15) is 5.75 Å². The third-order valence-corrected chi connectivity index (χ3v) is 7.82. The van der Waals surface area contributed by atoms with E-state index in [1.165, 1.54) is 17.8 Å². The molecule has 3 N–H and O–H groups in total. The number of hydrogen-bond donors (Lipinski definition) is 3. The molecular formula is C24H24N4O3S3. The summed E-state index contributed by atoms with van der Waals surface area (Å²) in [5.41, 5.74) is 4.53. The highest BCUT2D eigenvalue weighted by Gasteiger charge is 2.28. The zero-order valence-electron chi connectivity index (χ0n) is 18.4. The quantitative estimate of drug-likeness (QED) is 0.222. The van der Waals surface area contributed by atoms with E-state index in [1.807, 2.05) is 41.8 Å². The van der Waals surface area contributed by atoms with Gasteiger partial charge >= 0.3 is 0 Å². The Morgan fingerprint density at radius 3 is 2.65 bits per heavy atom. The lowest BCUT2D eigenvalue weighted by molar-refractivity contribution is 0.416. The van der Waals surface area contributed by atoms with Crippen molar-refractivity contribution >= 4 is 44.8 Å². The molecule has 2 heterocycles. The molecule has 0 radical (unpaired) electrons. The average Bonchev–Trinajstić information content (AvgIpc) is 3.38. The summed E-state index contributed by atoms with van der Waals surface area (Å²) in [6.45, 7) is 0. The second-order valence-corrected chi connectivity index (χ2v) is 10.5. The number of nitrogens with zero attached hydrogens (tertiary/aromatic N) is 2. The highest BCUT2D eigenvalue weighted by atomic mass is 32.2. The maximum absolute atomic E-state index is 11.0. The van der Waals surface area contributed by atoms with E-state index in [0.29, 0.717) is 18.0 Å². The first-order valence-corrected chi connectivity index (χ1v) is 13.7. The molecule has 5 rings (SSSR count). The molecule has 1 fully saturated rings. The maximum Gasteiger partial charge on any atom is 0.259 e. The van der Waals surface area contributed by atoms with Crippen LogP contribution in [0.25, 0.3) is 11.3 Å². The Kier molecular flexibility index (Phi) is 6.91. The minimum atomic E-state index is -2.09. The van der Waals surface area contributed by atoms with E-state index in [-0.39, 0.29) is 6.04 Å². The van der Waals surface area contributed by atoms with Gasteiger partial charge < -0.3 is 10.1 Å². The first kappa shape index (κ1) is 23.0. The Morgan fingerprint density at radius 2 is 1.91 bits per heavy atom. The van der Waals surface area contributed by atoms with Crippen molar-refractivity contribution < 1.29 is 13.5 Å². The topological polar surface area (TPSA) is 96.4 Å². The normalized spacial score (nSPS) is 15.0. The van der Waals surface area contributed by atoms with Crippen molar-refractivity contribution in [2.75, 3.05) is 17.1 Å². The van der Waals surface area contributed by atoms with E-state index in [0.717, 1.165) is 33.4 Å². The zero-order valence-corrected chi connectivity index (χ0v) is 20.9. The molecule has 10 heteroatoms. The highest BCUT2D eigenvalue weighted by Crippen LogP contribution is 2.42. The molecule has 2 aromatic heterocycles. The summed E-state index contributed by atoms with van der Waals surface area (Å²) in [5.74, 6) is 1.41. The zero-order chi connectivity index (χ0) is 23.5. The average molecular weight is 513 g/mol. The molecule has 0 amide bonds. The number of para-hydroxylation sites is 1. The number of ether oxygens (including phenoxy) is 1. The summed E-state index contributed by atoms with van der Waals surface area (Å²) in [6, 6.07) is 15.3. The van der Waals surface area contributed by atoms with E-state index in [2.05, 4.69) is 15.4 Å². The lowest BCUT2D eigenvalue weighted by atomic mass is 10.0. The van der Waals surface area contributed by atoms with Gasteiger partial charge in [0.25, 0.3) is 11.3 Å². The van der Waals surface area contributed by atoms with Gasteiger partial charge in [0.15, 0.2) is 5.13 Å². The minimum Gasteiger partial charge on any atom is -0.496 e. The molecular weight excluding hydrogens is 488 g/mol. The largest absolute Gasteiger partial charge is 0.496 e. The fourth-order valence-electron chi connectivity index (χ4n) is 3.72.